The van der Waals surface area contributed by atoms with E-state index in [1.54, 1.807) is 37.7 Å². The largest absolute Gasteiger partial charge is 0.465 e. The zero-order chi connectivity index (χ0) is 19.4. The van der Waals surface area contributed by atoms with E-state index in [0.717, 1.165) is 13.0 Å². The highest BCUT2D eigenvalue weighted by molar-refractivity contribution is 6.00. The molecule has 0 aromatic carbocycles. The van der Waals surface area contributed by atoms with Gasteiger partial charge in [-0.1, -0.05) is 0 Å². The van der Waals surface area contributed by atoms with E-state index in [0.29, 0.717) is 48.7 Å². The van der Waals surface area contributed by atoms with E-state index in [9.17, 15) is 14.4 Å². The molecule has 2 rings (SSSR count). The van der Waals surface area contributed by atoms with Gasteiger partial charge in [-0.15, -0.1) is 0 Å². The molecule has 2 heterocycles. The molecule has 0 bridgehead atoms. The lowest BCUT2D eigenvalue weighted by atomic mass is 10.1. The number of aryl methyl sites for hydroxylation is 1. The number of aromatic nitrogens is 1. The molecule has 0 radical (unpaired) electrons. The summed E-state index contributed by atoms with van der Waals surface area (Å²) < 4.78 is 4.80. The third kappa shape index (κ3) is 4.24. The van der Waals surface area contributed by atoms with Gasteiger partial charge in [0.2, 0.25) is 5.91 Å². The van der Waals surface area contributed by atoms with Gasteiger partial charge in [-0.25, -0.2) is 4.79 Å². The van der Waals surface area contributed by atoms with Crippen LogP contribution in [0.15, 0.2) is 0 Å². The van der Waals surface area contributed by atoms with E-state index in [1.165, 1.54) is 7.11 Å². The van der Waals surface area contributed by atoms with Crippen LogP contribution in [0.1, 0.15) is 38.5 Å². The second-order valence-corrected chi connectivity index (χ2v) is 6.83. The van der Waals surface area contributed by atoms with Crippen molar-refractivity contribution in [3.63, 3.8) is 0 Å². The van der Waals surface area contributed by atoms with Crippen molar-refractivity contribution in [2.24, 2.45) is 0 Å². The molecule has 0 atom stereocenters. The minimum absolute atomic E-state index is 0.0586. The molecule has 1 N–H and O–H groups in total. The second kappa shape index (κ2) is 8.35. The van der Waals surface area contributed by atoms with Gasteiger partial charge in [-0.3, -0.25) is 14.5 Å². The number of esters is 1. The molecule has 8 nitrogen and oxygen atoms in total. The number of ether oxygens (including phenoxy) is 1. The summed E-state index contributed by atoms with van der Waals surface area (Å²) in [4.78, 5) is 45.2. The summed E-state index contributed by atoms with van der Waals surface area (Å²) in [6.07, 6.45) is 0.801. The monoisotopic (exact) mass is 364 g/mol. The van der Waals surface area contributed by atoms with Crippen LogP contribution in [0.3, 0.4) is 0 Å². The average molecular weight is 364 g/mol. The van der Waals surface area contributed by atoms with Crippen LogP contribution in [0, 0.1) is 13.8 Å². The molecular weight excluding hydrogens is 336 g/mol. The number of hydrogen-bond donors (Lipinski definition) is 1. The van der Waals surface area contributed by atoms with E-state index in [-0.39, 0.29) is 11.8 Å². The van der Waals surface area contributed by atoms with Crippen molar-refractivity contribution in [2.45, 2.75) is 20.3 Å². The molecule has 26 heavy (non-hydrogen) atoms. The van der Waals surface area contributed by atoms with E-state index in [2.05, 4.69) is 9.88 Å². The van der Waals surface area contributed by atoms with Crippen LogP contribution >= 0.6 is 0 Å². The highest BCUT2D eigenvalue weighted by Crippen LogP contribution is 2.21. The van der Waals surface area contributed by atoms with Crippen molar-refractivity contribution in [3.8, 4) is 0 Å². The van der Waals surface area contributed by atoms with Crippen molar-refractivity contribution in [1.82, 2.24) is 19.7 Å². The number of methoxy groups -OCH3 is 1. The Morgan fingerprint density at radius 2 is 1.81 bits per heavy atom. The van der Waals surface area contributed by atoms with Gasteiger partial charge in [0.05, 0.1) is 19.2 Å². The van der Waals surface area contributed by atoms with Gasteiger partial charge >= 0.3 is 5.97 Å². The quantitative estimate of drug-likeness (QED) is 0.793. The molecular formula is C18H28N4O4. The molecule has 0 saturated carbocycles. The minimum Gasteiger partial charge on any atom is -0.465 e. The molecule has 1 aromatic heterocycles. The molecule has 0 unspecified atom stereocenters. The fourth-order valence-electron chi connectivity index (χ4n) is 3.20. The van der Waals surface area contributed by atoms with Crippen molar-refractivity contribution < 1.29 is 19.1 Å². The number of rotatable bonds is 4. The molecule has 0 spiro atoms. The summed E-state index contributed by atoms with van der Waals surface area (Å²) in [5.41, 5.74) is 2.10. The fourth-order valence-corrected chi connectivity index (χ4v) is 3.20. The minimum atomic E-state index is -0.445. The Kier molecular flexibility index (Phi) is 6.42. The number of amides is 2. The van der Waals surface area contributed by atoms with Crippen LogP contribution in [0.4, 0.5) is 0 Å². The summed E-state index contributed by atoms with van der Waals surface area (Å²) in [6, 6.07) is 0. The van der Waals surface area contributed by atoms with Gasteiger partial charge in [0.25, 0.3) is 5.91 Å². The van der Waals surface area contributed by atoms with Gasteiger partial charge < -0.3 is 19.5 Å². The Labute approximate surface area is 154 Å². The Balaban J connectivity index is 2.09. The predicted molar refractivity (Wildman–Crippen MR) is 97.3 cm³/mol. The summed E-state index contributed by atoms with van der Waals surface area (Å²) in [7, 11) is 4.81. The Morgan fingerprint density at radius 3 is 2.42 bits per heavy atom. The number of carbonyl (C=O) groups is 3. The Hall–Kier alpha value is -2.35. The number of hydrogen-bond acceptors (Lipinski definition) is 5. The van der Waals surface area contributed by atoms with E-state index in [1.807, 2.05) is 0 Å². The van der Waals surface area contributed by atoms with Gasteiger partial charge in [0.1, 0.15) is 5.69 Å². The average Bonchev–Trinajstić information content (AvgIpc) is 2.76. The van der Waals surface area contributed by atoms with Crippen LogP contribution in [0.5, 0.6) is 0 Å². The van der Waals surface area contributed by atoms with Gasteiger partial charge in [-0.2, -0.15) is 0 Å². The highest BCUT2D eigenvalue weighted by Gasteiger charge is 2.27. The number of nitrogens with one attached hydrogen (secondary N) is 1. The Bertz CT molecular complexity index is 696. The lowest BCUT2D eigenvalue weighted by Crippen LogP contribution is -2.39. The van der Waals surface area contributed by atoms with Crippen molar-refractivity contribution in [1.29, 1.82) is 0 Å². The zero-order valence-corrected chi connectivity index (χ0v) is 16.2. The molecule has 8 heteroatoms. The molecule has 1 aliphatic rings. The maximum atomic E-state index is 12.9. The molecule has 2 amide bonds. The molecule has 1 aromatic rings. The van der Waals surface area contributed by atoms with Crippen LogP contribution < -0.4 is 0 Å². The van der Waals surface area contributed by atoms with Gasteiger partial charge in [0, 0.05) is 46.0 Å². The lowest BCUT2D eigenvalue weighted by molar-refractivity contribution is -0.129. The highest BCUT2D eigenvalue weighted by atomic mass is 16.5. The van der Waals surface area contributed by atoms with Crippen LogP contribution in [0.25, 0.3) is 0 Å². The lowest BCUT2D eigenvalue weighted by Gasteiger charge is -2.22. The first-order valence-electron chi connectivity index (χ1n) is 8.75. The number of nitrogens with zero attached hydrogens (tertiary/aromatic N) is 3. The number of aromatic amines is 1. The standard InChI is InChI=1S/C18H28N4O4/c1-12-15(18(25)26-5)13(2)19-16(12)17(24)22-8-6-7-21(9-10-22)11-14(23)20(3)4/h19H,6-11H2,1-5H3. The second-order valence-electron chi connectivity index (χ2n) is 6.83. The van der Waals surface area contributed by atoms with E-state index in [4.69, 9.17) is 4.74 Å². The number of carbonyl (C=O) groups excluding carboxylic acids is 3. The summed E-state index contributed by atoms with van der Waals surface area (Å²) in [6.45, 7) is 6.46. The molecule has 1 fully saturated rings. The van der Waals surface area contributed by atoms with Gasteiger partial charge in [-0.05, 0) is 25.8 Å². The summed E-state index contributed by atoms with van der Waals surface area (Å²) >= 11 is 0. The maximum absolute atomic E-state index is 12.9. The van der Waals surface area contributed by atoms with Crippen LogP contribution in [0.2, 0.25) is 0 Å². The normalized spacial score (nSPS) is 15.5. The third-order valence-electron chi connectivity index (χ3n) is 4.77. The van der Waals surface area contributed by atoms with Crippen molar-refractivity contribution in [2.75, 3.05) is 53.9 Å². The first-order chi connectivity index (χ1) is 12.3. The van der Waals surface area contributed by atoms with Crippen molar-refractivity contribution in [3.05, 3.63) is 22.5 Å². The zero-order valence-electron chi connectivity index (χ0n) is 16.2. The van der Waals surface area contributed by atoms with Crippen LogP contribution in [-0.2, 0) is 9.53 Å². The third-order valence-corrected chi connectivity index (χ3v) is 4.77. The predicted octanol–water partition coefficient (Wildman–Crippen LogP) is 0.654. The van der Waals surface area contributed by atoms with Crippen molar-refractivity contribution >= 4 is 17.8 Å². The molecule has 1 saturated heterocycles. The maximum Gasteiger partial charge on any atom is 0.339 e. The number of likely N-dealkylation sites (N-methyl/N-ethyl adjacent to an activating group) is 1. The Morgan fingerprint density at radius 1 is 1.12 bits per heavy atom. The first-order valence-corrected chi connectivity index (χ1v) is 8.75. The van der Waals surface area contributed by atoms with Crippen LogP contribution in [-0.4, -0.2) is 91.4 Å². The summed E-state index contributed by atoms with van der Waals surface area (Å²) in [5.74, 6) is -0.510. The first kappa shape index (κ1) is 20.0. The van der Waals surface area contributed by atoms with E-state index < -0.39 is 5.97 Å². The number of H-pyrrole nitrogens is 1. The van der Waals surface area contributed by atoms with Gasteiger partial charge in [0.15, 0.2) is 0 Å². The molecule has 144 valence electrons. The SMILES string of the molecule is COC(=O)c1c(C)[nH]c(C(=O)N2CCCN(CC(=O)N(C)C)CC2)c1C. The molecule has 1 aliphatic heterocycles. The fraction of sp³-hybridized carbons (Fsp3) is 0.611. The van der Waals surface area contributed by atoms with E-state index >= 15 is 0 Å². The molecule has 0 aliphatic carbocycles. The topological polar surface area (TPSA) is 86.0 Å². The smallest absolute Gasteiger partial charge is 0.339 e. The summed E-state index contributed by atoms with van der Waals surface area (Å²) in [5, 5.41) is 0.